The lowest BCUT2D eigenvalue weighted by atomic mass is 9.67. The number of aliphatic hydroxyl groups is 1. The highest BCUT2D eigenvalue weighted by molar-refractivity contribution is 8.00. The Labute approximate surface area is 123 Å². The summed E-state index contributed by atoms with van der Waals surface area (Å²) in [7, 11) is 0. The first kappa shape index (κ1) is 16.9. The second-order valence-electron chi connectivity index (χ2n) is 6.59. The summed E-state index contributed by atoms with van der Waals surface area (Å²) < 4.78 is 0. The summed E-state index contributed by atoms with van der Waals surface area (Å²) in [6.07, 6.45) is 5.46. The van der Waals surface area contributed by atoms with Gasteiger partial charge in [0, 0.05) is 17.1 Å². The van der Waals surface area contributed by atoms with Gasteiger partial charge in [-0.15, -0.1) is 0 Å². The molecule has 0 heterocycles. The van der Waals surface area contributed by atoms with E-state index in [-0.39, 0.29) is 12.5 Å². The molecule has 0 aromatic heterocycles. The van der Waals surface area contributed by atoms with Crippen LogP contribution in [0.1, 0.15) is 59.8 Å². The SMILES string of the molecule is CCC(C)(C)C1CCC(C#N)C(SC(C)CCO)C1. The summed E-state index contributed by atoms with van der Waals surface area (Å²) >= 11 is 1.93. The Balaban J connectivity index is 2.66. The van der Waals surface area contributed by atoms with Gasteiger partial charge in [0.1, 0.15) is 0 Å². The Morgan fingerprint density at radius 3 is 2.63 bits per heavy atom. The number of hydrogen-bond acceptors (Lipinski definition) is 3. The highest BCUT2D eigenvalue weighted by Gasteiger charge is 2.37. The standard InChI is InChI=1S/C16H29NOS/c1-5-16(3,4)14-7-6-13(11-17)15(10-14)19-12(2)8-9-18/h12-15,18H,5-10H2,1-4H3. The van der Waals surface area contributed by atoms with Crippen molar-refractivity contribution in [3.05, 3.63) is 0 Å². The second-order valence-corrected chi connectivity index (χ2v) is 8.27. The second kappa shape index (κ2) is 7.55. The fraction of sp³-hybridized carbons (Fsp3) is 0.938. The minimum Gasteiger partial charge on any atom is -0.396 e. The van der Waals surface area contributed by atoms with Crippen molar-refractivity contribution in [2.75, 3.05) is 6.61 Å². The van der Waals surface area contributed by atoms with E-state index >= 15 is 0 Å². The number of nitriles is 1. The van der Waals surface area contributed by atoms with Crippen molar-refractivity contribution in [1.29, 1.82) is 5.26 Å². The van der Waals surface area contributed by atoms with E-state index < -0.39 is 0 Å². The van der Waals surface area contributed by atoms with Crippen LogP contribution in [0.5, 0.6) is 0 Å². The van der Waals surface area contributed by atoms with Gasteiger partial charge in [0.2, 0.25) is 0 Å². The molecule has 0 spiro atoms. The molecule has 0 aromatic rings. The van der Waals surface area contributed by atoms with E-state index in [0.29, 0.717) is 15.9 Å². The first-order valence-electron chi connectivity index (χ1n) is 7.60. The lowest BCUT2D eigenvalue weighted by molar-refractivity contribution is 0.143. The Morgan fingerprint density at radius 1 is 1.42 bits per heavy atom. The van der Waals surface area contributed by atoms with Gasteiger partial charge in [0.15, 0.2) is 0 Å². The smallest absolute Gasteiger partial charge is 0.0667 e. The molecule has 1 aliphatic carbocycles. The van der Waals surface area contributed by atoms with Crippen molar-refractivity contribution in [3.63, 3.8) is 0 Å². The van der Waals surface area contributed by atoms with Gasteiger partial charge in [0.25, 0.3) is 0 Å². The van der Waals surface area contributed by atoms with Gasteiger partial charge in [-0.1, -0.05) is 34.1 Å². The predicted molar refractivity (Wildman–Crippen MR) is 83.1 cm³/mol. The number of aliphatic hydroxyl groups excluding tert-OH is 1. The number of thioether (sulfide) groups is 1. The van der Waals surface area contributed by atoms with Gasteiger partial charge in [-0.05, 0) is 37.0 Å². The van der Waals surface area contributed by atoms with Gasteiger partial charge in [-0.25, -0.2) is 0 Å². The molecule has 1 fully saturated rings. The van der Waals surface area contributed by atoms with Crippen molar-refractivity contribution in [3.8, 4) is 6.07 Å². The van der Waals surface area contributed by atoms with Gasteiger partial charge < -0.3 is 5.11 Å². The molecule has 0 aliphatic heterocycles. The highest BCUT2D eigenvalue weighted by atomic mass is 32.2. The molecule has 110 valence electrons. The van der Waals surface area contributed by atoms with Crippen LogP contribution < -0.4 is 0 Å². The summed E-state index contributed by atoms with van der Waals surface area (Å²) in [6, 6.07) is 2.51. The molecule has 1 aliphatic rings. The fourth-order valence-electron chi connectivity index (χ4n) is 2.97. The van der Waals surface area contributed by atoms with Crippen LogP contribution in [-0.2, 0) is 0 Å². The first-order chi connectivity index (χ1) is 8.94. The van der Waals surface area contributed by atoms with E-state index in [1.54, 1.807) is 0 Å². The minimum absolute atomic E-state index is 0.204. The maximum Gasteiger partial charge on any atom is 0.0667 e. The van der Waals surface area contributed by atoms with E-state index in [0.717, 1.165) is 18.8 Å². The summed E-state index contributed by atoms with van der Waals surface area (Å²) in [5, 5.41) is 19.3. The van der Waals surface area contributed by atoms with Crippen LogP contribution >= 0.6 is 11.8 Å². The van der Waals surface area contributed by atoms with Crippen LogP contribution in [0.2, 0.25) is 0 Å². The lowest BCUT2D eigenvalue weighted by Crippen LogP contribution is -2.35. The molecule has 0 saturated heterocycles. The summed E-state index contributed by atoms with van der Waals surface area (Å²) in [6.45, 7) is 9.42. The van der Waals surface area contributed by atoms with Crippen molar-refractivity contribution in [2.24, 2.45) is 17.3 Å². The van der Waals surface area contributed by atoms with Crippen molar-refractivity contribution >= 4 is 11.8 Å². The van der Waals surface area contributed by atoms with E-state index in [4.69, 9.17) is 5.11 Å². The quantitative estimate of drug-likeness (QED) is 0.793. The Kier molecular flexibility index (Phi) is 6.69. The molecule has 19 heavy (non-hydrogen) atoms. The fourth-order valence-corrected chi connectivity index (χ4v) is 4.54. The molecule has 0 aromatic carbocycles. The number of hydrogen-bond donors (Lipinski definition) is 1. The van der Waals surface area contributed by atoms with Crippen molar-refractivity contribution < 1.29 is 5.11 Å². The maximum absolute atomic E-state index is 9.34. The van der Waals surface area contributed by atoms with E-state index in [1.807, 2.05) is 11.8 Å². The van der Waals surface area contributed by atoms with E-state index in [9.17, 15) is 5.26 Å². The van der Waals surface area contributed by atoms with E-state index in [1.165, 1.54) is 19.3 Å². The Bertz CT molecular complexity index is 310. The van der Waals surface area contributed by atoms with Crippen LogP contribution in [0.3, 0.4) is 0 Å². The third kappa shape index (κ3) is 4.68. The van der Waals surface area contributed by atoms with Gasteiger partial charge in [0.05, 0.1) is 12.0 Å². The van der Waals surface area contributed by atoms with Crippen LogP contribution in [0.4, 0.5) is 0 Å². The summed E-state index contributed by atoms with van der Waals surface area (Å²) in [5.41, 5.74) is 0.388. The van der Waals surface area contributed by atoms with Crippen molar-refractivity contribution in [2.45, 2.75) is 70.3 Å². The third-order valence-corrected chi connectivity index (χ3v) is 6.49. The summed E-state index contributed by atoms with van der Waals surface area (Å²) in [5.74, 6) is 0.941. The molecule has 2 nitrogen and oxygen atoms in total. The zero-order valence-corrected chi connectivity index (χ0v) is 13.7. The number of rotatable bonds is 6. The molecule has 3 heteroatoms. The minimum atomic E-state index is 0.204. The largest absolute Gasteiger partial charge is 0.396 e. The van der Waals surface area contributed by atoms with Gasteiger partial charge >= 0.3 is 0 Å². The van der Waals surface area contributed by atoms with Crippen molar-refractivity contribution in [1.82, 2.24) is 0 Å². The zero-order valence-electron chi connectivity index (χ0n) is 12.9. The zero-order chi connectivity index (χ0) is 14.5. The Hall–Kier alpha value is -0.200. The highest BCUT2D eigenvalue weighted by Crippen LogP contribution is 2.46. The van der Waals surface area contributed by atoms with Crippen LogP contribution in [-0.4, -0.2) is 22.2 Å². The maximum atomic E-state index is 9.34. The molecule has 1 rings (SSSR count). The molecule has 0 bridgehead atoms. The van der Waals surface area contributed by atoms with Crippen LogP contribution in [0.25, 0.3) is 0 Å². The Morgan fingerprint density at radius 2 is 2.11 bits per heavy atom. The molecule has 1 saturated carbocycles. The van der Waals surface area contributed by atoms with E-state index in [2.05, 4.69) is 33.8 Å². The molecule has 4 atom stereocenters. The molecule has 0 radical (unpaired) electrons. The number of nitrogens with zero attached hydrogens (tertiary/aromatic N) is 1. The topological polar surface area (TPSA) is 44.0 Å². The normalized spacial score (nSPS) is 29.8. The summed E-state index contributed by atoms with van der Waals surface area (Å²) in [4.78, 5) is 0. The first-order valence-corrected chi connectivity index (χ1v) is 8.54. The molecule has 1 N–H and O–H groups in total. The lowest BCUT2D eigenvalue weighted by Gasteiger charge is -2.41. The predicted octanol–water partition coefficient (Wildman–Crippen LogP) is 4.24. The average Bonchev–Trinajstić information content (AvgIpc) is 2.38. The van der Waals surface area contributed by atoms with Crippen LogP contribution in [0, 0.1) is 28.6 Å². The average molecular weight is 283 g/mol. The molecular formula is C16H29NOS. The molecule has 0 amide bonds. The van der Waals surface area contributed by atoms with Crippen LogP contribution in [0.15, 0.2) is 0 Å². The van der Waals surface area contributed by atoms with Gasteiger partial charge in [-0.2, -0.15) is 17.0 Å². The molecular weight excluding hydrogens is 254 g/mol. The molecule has 4 unspecified atom stereocenters. The van der Waals surface area contributed by atoms with Gasteiger partial charge in [-0.3, -0.25) is 0 Å². The monoisotopic (exact) mass is 283 g/mol. The third-order valence-electron chi connectivity index (χ3n) is 4.92.